The van der Waals surface area contributed by atoms with Gasteiger partial charge in [0, 0.05) is 41.4 Å². The second kappa shape index (κ2) is 4.88. The molecule has 2 aromatic rings. The standard InChI is InChI=1S/C13H13BrN2S/c14-12-5-10(6-15-7-12)8-16-3-1-13-11(9-16)2-4-17-13/h2,4-7H,1,3,8-9H2. The van der Waals surface area contributed by atoms with Crippen molar-refractivity contribution in [1.29, 1.82) is 0 Å². The maximum absolute atomic E-state index is 4.21. The average Bonchev–Trinajstić information content (AvgIpc) is 2.76. The van der Waals surface area contributed by atoms with Crippen molar-refractivity contribution in [3.05, 3.63) is 50.4 Å². The van der Waals surface area contributed by atoms with Gasteiger partial charge in [-0.05, 0) is 51.0 Å². The van der Waals surface area contributed by atoms with Gasteiger partial charge in [-0.3, -0.25) is 9.88 Å². The van der Waals surface area contributed by atoms with Crippen molar-refractivity contribution < 1.29 is 0 Å². The summed E-state index contributed by atoms with van der Waals surface area (Å²) in [5, 5.41) is 2.20. The second-order valence-corrected chi connectivity index (χ2v) is 6.26. The molecule has 2 nitrogen and oxygen atoms in total. The van der Waals surface area contributed by atoms with Crippen LogP contribution in [0.4, 0.5) is 0 Å². The molecule has 0 aromatic carbocycles. The first-order valence-electron chi connectivity index (χ1n) is 5.68. The van der Waals surface area contributed by atoms with Crippen LogP contribution in [0.3, 0.4) is 0 Å². The number of aromatic nitrogens is 1. The Bertz CT molecular complexity index is 524. The monoisotopic (exact) mass is 308 g/mol. The highest BCUT2D eigenvalue weighted by Crippen LogP contribution is 2.25. The number of fused-ring (bicyclic) bond motifs is 1. The van der Waals surface area contributed by atoms with Gasteiger partial charge < -0.3 is 0 Å². The van der Waals surface area contributed by atoms with Gasteiger partial charge in [-0.15, -0.1) is 11.3 Å². The lowest BCUT2D eigenvalue weighted by Crippen LogP contribution is -2.29. The van der Waals surface area contributed by atoms with Crippen LogP contribution in [0, 0.1) is 0 Å². The molecule has 0 aliphatic carbocycles. The van der Waals surface area contributed by atoms with Crippen LogP contribution in [0.15, 0.2) is 34.4 Å². The van der Waals surface area contributed by atoms with Crippen LogP contribution >= 0.6 is 27.3 Å². The number of halogens is 1. The van der Waals surface area contributed by atoms with E-state index in [1.807, 2.05) is 23.7 Å². The summed E-state index contributed by atoms with van der Waals surface area (Å²) in [5.41, 5.74) is 2.78. The lowest BCUT2D eigenvalue weighted by atomic mass is 10.1. The van der Waals surface area contributed by atoms with E-state index in [9.17, 15) is 0 Å². The van der Waals surface area contributed by atoms with E-state index in [1.165, 1.54) is 17.5 Å². The number of pyridine rings is 1. The Labute approximate surface area is 113 Å². The van der Waals surface area contributed by atoms with Crippen LogP contribution in [0.5, 0.6) is 0 Å². The largest absolute Gasteiger partial charge is 0.294 e. The molecule has 0 radical (unpaired) electrons. The van der Waals surface area contributed by atoms with Crippen molar-refractivity contribution in [1.82, 2.24) is 9.88 Å². The Balaban J connectivity index is 1.72. The Morgan fingerprint density at radius 3 is 3.24 bits per heavy atom. The van der Waals surface area contributed by atoms with E-state index in [2.05, 4.69) is 43.3 Å². The lowest BCUT2D eigenvalue weighted by Gasteiger charge is -2.26. The normalized spacial score (nSPS) is 15.8. The van der Waals surface area contributed by atoms with E-state index >= 15 is 0 Å². The van der Waals surface area contributed by atoms with Crippen molar-refractivity contribution in [3.63, 3.8) is 0 Å². The third-order valence-corrected chi connectivity index (χ3v) is 4.51. The molecule has 0 unspecified atom stereocenters. The molecular weight excluding hydrogens is 296 g/mol. The lowest BCUT2D eigenvalue weighted by molar-refractivity contribution is 0.247. The van der Waals surface area contributed by atoms with E-state index < -0.39 is 0 Å². The van der Waals surface area contributed by atoms with Crippen molar-refractivity contribution >= 4 is 27.3 Å². The smallest absolute Gasteiger partial charge is 0.0410 e. The van der Waals surface area contributed by atoms with E-state index in [0.29, 0.717) is 0 Å². The summed E-state index contributed by atoms with van der Waals surface area (Å²) in [7, 11) is 0. The van der Waals surface area contributed by atoms with Crippen LogP contribution in [-0.2, 0) is 19.5 Å². The minimum absolute atomic E-state index is 0.988. The summed E-state index contributed by atoms with van der Waals surface area (Å²) in [6.07, 6.45) is 4.97. The highest BCUT2D eigenvalue weighted by atomic mass is 79.9. The molecule has 88 valence electrons. The fourth-order valence-corrected chi connectivity index (χ4v) is 3.54. The highest BCUT2D eigenvalue weighted by Gasteiger charge is 2.17. The fraction of sp³-hybridized carbons (Fsp3) is 0.308. The van der Waals surface area contributed by atoms with Gasteiger partial charge in [0.25, 0.3) is 0 Å². The molecule has 0 atom stereocenters. The van der Waals surface area contributed by atoms with E-state index in [4.69, 9.17) is 0 Å². The molecule has 0 N–H and O–H groups in total. The predicted octanol–water partition coefficient (Wildman–Crippen LogP) is 3.46. The summed E-state index contributed by atoms with van der Waals surface area (Å²) in [6, 6.07) is 4.40. The zero-order chi connectivity index (χ0) is 11.7. The van der Waals surface area contributed by atoms with Gasteiger partial charge in [0.15, 0.2) is 0 Å². The van der Waals surface area contributed by atoms with Crippen LogP contribution in [0.1, 0.15) is 16.0 Å². The minimum atomic E-state index is 0.988. The fourth-order valence-electron chi connectivity index (χ4n) is 2.24. The Hall–Kier alpha value is -0.710. The van der Waals surface area contributed by atoms with E-state index in [0.717, 1.165) is 24.1 Å². The van der Waals surface area contributed by atoms with E-state index in [-0.39, 0.29) is 0 Å². The summed E-state index contributed by atoms with van der Waals surface area (Å²) < 4.78 is 1.06. The van der Waals surface area contributed by atoms with Gasteiger partial charge in [-0.25, -0.2) is 0 Å². The number of nitrogens with zero attached hydrogens (tertiary/aromatic N) is 2. The van der Waals surface area contributed by atoms with Crippen LogP contribution in [0.2, 0.25) is 0 Å². The molecular formula is C13H13BrN2S. The molecule has 1 aliphatic heterocycles. The summed E-state index contributed by atoms with van der Waals surface area (Å²) in [5.74, 6) is 0. The van der Waals surface area contributed by atoms with Gasteiger partial charge in [-0.1, -0.05) is 0 Å². The van der Waals surface area contributed by atoms with Gasteiger partial charge in [0.05, 0.1) is 0 Å². The Morgan fingerprint density at radius 1 is 1.41 bits per heavy atom. The molecule has 0 saturated heterocycles. The molecule has 0 saturated carbocycles. The number of rotatable bonds is 2. The third-order valence-electron chi connectivity index (χ3n) is 3.05. The molecule has 2 aromatic heterocycles. The molecule has 0 bridgehead atoms. The molecule has 0 fully saturated rings. The minimum Gasteiger partial charge on any atom is -0.294 e. The van der Waals surface area contributed by atoms with Crippen LogP contribution in [-0.4, -0.2) is 16.4 Å². The molecule has 1 aliphatic rings. The second-order valence-electron chi connectivity index (χ2n) is 4.34. The molecule has 3 heterocycles. The molecule has 17 heavy (non-hydrogen) atoms. The van der Waals surface area contributed by atoms with Gasteiger partial charge in [0.1, 0.15) is 0 Å². The number of hydrogen-bond donors (Lipinski definition) is 0. The first-order chi connectivity index (χ1) is 8.31. The SMILES string of the molecule is Brc1cncc(CN2CCc3sccc3C2)c1. The quantitative estimate of drug-likeness (QED) is 0.844. The zero-order valence-electron chi connectivity index (χ0n) is 9.40. The summed E-state index contributed by atoms with van der Waals surface area (Å²) >= 11 is 5.36. The van der Waals surface area contributed by atoms with Crippen LogP contribution < -0.4 is 0 Å². The Kier molecular flexibility index (Phi) is 3.27. The average molecular weight is 309 g/mol. The van der Waals surface area contributed by atoms with Gasteiger partial charge >= 0.3 is 0 Å². The van der Waals surface area contributed by atoms with Crippen molar-refractivity contribution in [3.8, 4) is 0 Å². The van der Waals surface area contributed by atoms with Crippen molar-refractivity contribution in [2.45, 2.75) is 19.5 Å². The molecule has 3 rings (SSSR count). The van der Waals surface area contributed by atoms with Crippen molar-refractivity contribution in [2.24, 2.45) is 0 Å². The predicted molar refractivity (Wildman–Crippen MR) is 74.1 cm³/mol. The first-order valence-corrected chi connectivity index (χ1v) is 7.35. The first kappa shape index (κ1) is 11.4. The van der Waals surface area contributed by atoms with Gasteiger partial charge in [-0.2, -0.15) is 0 Å². The molecule has 4 heteroatoms. The maximum atomic E-state index is 4.21. The number of thiophene rings is 1. The zero-order valence-corrected chi connectivity index (χ0v) is 11.8. The van der Waals surface area contributed by atoms with Gasteiger partial charge in [0.2, 0.25) is 0 Å². The number of hydrogen-bond acceptors (Lipinski definition) is 3. The molecule has 0 spiro atoms. The van der Waals surface area contributed by atoms with Crippen LogP contribution in [0.25, 0.3) is 0 Å². The Morgan fingerprint density at radius 2 is 2.35 bits per heavy atom. The van der Waals surface area contributed by atoms with Crippen molar-refractivity contribution in [2.75, 3.05) is 6.54 Å². The highest BCUT2D eigenvalue weighted by molar-refractivity contribution is 9.10. The van der Waals surface area contributed by atoms with E-state index in [1.54, 1.807) is 4.88 Å². The maximum Gasteiger partial charge on any atom is 0.0410 e. The third kappa shape index (κ3) is 2.59. The topological polar surface area (TPSA) is 16.1 Å². The summed E-state index contributed by atoms with van der Waals surface area (Å²) in [4.78, 5) is 8.26. The summed E-state index contributed by atoms with van der Waals surface area (Å²) in [6.45, 7) is 3.22. The molecule has 0 amide bonds.